The number of aryl methyl sites for hydroxylation is 1. The fourth-order valence-corrected chi connectivity index (χ4v) is 3.81. The molecule has 1 aromatic heterocycles. The Kier molecular flexibility index (Phi) is 13.6. The number of benzene rings is 1. The van der Waals surface area contributed by atoms with E-state index in [0.717, 1.165) is 50.4 Å². The van der Waals surface area contributed by atoms with E-state index in [1.54, 1.807) is 0 Å². The second-order valence-electron chi connectivity index (χ2n) is 7.95. The Hall–Kier alpha value is -2.17. The first kappa shape index (κ1) is 27.9. The summed E-state index contributed by atoms with van der Waals surface area (Å²) in [5.41, 5.74) is 6.46. The average Bonchev–Trinajstić information content (AvgIpc) is 3.16. The summed E-state index contributed by atoms with van der Waals surface area (Å²) in [7, 11) is 2.19. The molecular weight excluding hydrogens is 394 g/mol. The highest BCUT2D eigenvalue weighted by atomic mass is 16.3. The summed E-state index contributed by atoms with van der Waals surface area (Å²) >= 11 is 0. The van der Waals surface area contributed by atoms with Crippen LogP contribution in [0.1, 0.15) is 83.5 Å². The number of hydrogen-bond acceptors (Lipinski definition) is 3. The van der Waals surface area contributed by atoms with Gasteiger partial charge in [0.1, 0.15) is 5.82 Å². The zero-order chi connectivity index (χ0) is 23.9. The molecule has 1 N–H and O–H groups in total. The van der Waals surface area contributed by atoms with Crippen molar-refractivity contribution >= 4 is 5.57 Å². The van der Waals surface area contributed by atoms with Crippen LogP contribution in [0.15, 0.2) is 48.2 Å². The molecule has 1 saturated heterocycles. The topological polar surface area (TPSA) is 41.3 Å². The average molecular weight is 440 g/mol. The quantitative estimate of drug-likeness (QED) is 0.517. The highest BCUT2D eigenvalue weighted by Crippen LogP contribution is 2.36. The first-order chi connectivity index (χ1) is 15.6. The first-order valence-electron chi connectivity index (χ1n) is 12.3. The van der Waals surface area contributed by atoms with Gasteiger partial charge in [-0.3, -0.25) is 0 Å². The highest BCUT2D eigenvalue weighted by Gasteiger charge is 2.25. The number of aliphatic hydroxyl groups excluding tert-OH is 1. The van der Waals surface area contributed by atoms with Gasteiger partial charge in [0.05, 0.1) is 18.5 Å². The summed E-state index contributed by atoms with van der Waals surface area (Å²) in [5.74, 6) is 1.04. The zero-order valence-electron chi connectivity index (χ0n) is 21.5. The molecule has 4 heteroatoms. The van der Waals surface area contributed by atoms with Gasteiger partial charge in [-0.1, -0.05) is 76.1 Å². The van der Waals surface area contributed by atoms with Gasteiger partial charge < -0.3 is 14.6 Å². The van der Waals surface area contributed by atoms with Gasteiger partial charge >= 0.3 is 0 Å². The number of hydrogen-bond donors (Lipinski definition) is 1. The van der Waals surface area contributed by atoms with Crippen LogP contribution in [0.3, 0.4) is 0 Å². The number of imidazole rings is 1. The molecule has 4 rings (SSSR count). The van der Waals surface area contributed by atoms with Gasteiger partial charge in [0, 0.05) is 25.2 Å². The van der Waals surface area contributed by atoms with E-state index in [1.165, 1.54) is 28.7 Å². The predicted octanol–water partition coefficient (Wildman–Crippen LogP) is 6.48. The molecule has 0 amide bonds. The number of fused-ring (bicyclic) bond motifs is 2. The van der Waals surface area contributed by atoms with Crippen LogP contribution >= 0.6 is 0 Å². The molecule has 1 fully saturated rings. The minimum Gasteiger partial charge on any atom is -0.390 e. The van der Waals surface area contributed by atoms with Crippen molar-refractivity contribution in [2.75, 3.05) is 20.1 Å². The molecule has 0 bridgehead atoms. The van der Waals surface area contributed by atoms with Crippen molar-refractivity contribution in [1.82, 2.24) is 14.5 Å². The minimum atomic E-state index is 0.0503. The monoisotopic (exact) mass is 439 g/mol. The number of aliphatic hydroxyl groups is 1. The number of piperidine rings is 1. The van der Waals surface area contributed by atoms with Crippen LogP contribution in [0.5, 0.6) is 0 Å². The first-order valence-corrected chi connectivity index (χ1v) is 12.3. The van der Waals surface area contributed by atoms with Gasteiger partial charge in [0.2, 0.25) is 0 Å². The zero-order valence-corrected chi connectivity index (χ0v) is 21.5. The summed E-state index contributed by atoms with van der Waals surface area (Å²) in [6.07, 6.45) is 10.3. The maximum Gasteiger partial charge on any atom is 0.140 e. The third-order valence-corrected chi connectivity index (χ3v) is 5.49. The van der Waals surface area contributed by atoms with Gasteiger partial charge in [0.15, 0.2) is 0 Å². The van der Waals surface area contributed by atoms with Crippen LogP contribution < -0.4 is 0 Å². The van der Waals surface area contributed by atoms with E-state index in [4.69, 9.17) is 4.98 Å². The summed E-state index contributed by atoms with van der Waals surface area (Å²) < 4.78 is 2.21. The molecular formula is C28H45N3O. The normalized spacial score (nSPS) is 15.2. The van der Waals surface area contributed by atoms with Crippen molar-refractivity contribution < 1.29 is 5.11 Å². The van der Waals surface area contributed by atoms with Gasteiger partial charge in [0.25, 0.3) is 0 Å². The Bertz CT molecular complexity index is 834. The van der Waals surface area contributed by atoms with Gasteiger partial charge in [-0.2, -0.15) is 0 Å². The molecule has 2 aliphatic heterocycles. The summed E-state index contributed by atoms with van der Waals surface area (Å²) in [4.78, 5) is 7.08. The maximum absolute atomic E-state index is 9.64. The SMILES string of the molecule is C/C=C\C.CC.CCC.CN1CCC(=C2c3ccccc3CCn3c(CO)cnc32)CC1. The Balaban J connectivity index is 0.000000496. The van der Waals surface area contributed by atoms with E-state index in [2.05, 4.69) is 54.6 Å². The van der Waals surface area contributed by atoms with Crippen molar-refractivity contribution in [3.8, 4) is 0 Å². The van der Waals surface area contributed by atoms with Gasteiger partial charge in [-0.25, -0.2) is 4.98 Å². The predicted molar refractivity (Wildman–Crippen MR) is 139 cm³/mol. The lowest BCUT2D eigenvalue weighted by atomic mass is 9.90. The molecule has 0 aliphatic carbocycles. The molecule has 0 atom stereocenters. The molecule has 1 aromatic carbocycles. The van der Waals surface area contributed by atoms with Crippen LogP contribution in [0.4, 0.5) is 0 Å². The molecule has 2 aliphatic rings. The van der Waals surface area contributed by atoms with Crippen LogP contribution in [-0.4, -0.2) is 39.7 Å². The summed E-state index contributed by atoms with van der Waals surface area (Å²) in [6, 6.07) is 8.71. The van der Waals surface area contributed by atoms with Gasteiger partial charge in [-0.15, -0.1) is 0 Å². The van der Waals surface area contributed by atoms with Crippen molar-refractivity contribution in [3.05, 3.63) is 70.8 Å². The molecule has 32 heavy (non-hydrogen) atoms. The van der Waals surface area contributed by atoms with Crippen molar-refractivity contribution in [2.45, 2.75) is 80.4 Å². The van der Waals surface area contributed by atoms with Crippen LogP contribution in [0, 0.1) is 0 Å². The molecule has 2 aromatic rings. The second kappa shape index (κ2) is 15.6. The lowest BCUT2D eigenvalue weighted by Gasteiger charge is -2.26. The van der Waals surface area contributed by atoms with Crippen molar-refractivity contribution in [3.63, 3.8) is 0 Å². The molecule has 0 unspecified atom stereocenters. The van der Waals surface area contributed by atoms with Crippen molar-refractivity contribution in [2.24, 2.45) is 0 Å². The molecule has 4 nitrogen and oxygen atoms in total. The Labute approximate surface area is 196 Å². The molecule has 3 heterocycles. The number of likely N-dealkylation sites (tertiary alicyclic amines) is 1. The number of nitrogens with zero attached hydrogens (tertiary/aromatic N) is 3. The summed E-state index contributed by atoms with van der Waals surface area (Å²) in [5, 5.41) is 9.64. The Morgan fingerprint density at radius 1 is 0.969 bits per heavy atom. The van der Waals surface area contributed by atoms with E-state index in [9.17, 15) is 5.11 Å². The van der Waals surface area contributed by atoms with E-state index in [-0.39, 0.29) is 6.61 Å². The van der Waals surface area contributed by atoms with E-state index < -0.39 is 0 Å². The fraction of sp³-hybridized carbons (Fsp3) is 0.536. The van der Waals surface area contributed by atoms with E-state index in [1.807, 2.05) is 46.0 Å². The molecule has 0 saturated carbocycles. The fourth-order valence-electron chi connectivity index (χ4n) is 3.81. The van der Waals surface area contributed by atoms with Crippen LogP contribution in [-0.2, 0) is 19.6 Å². The van der Waals surface area contributed by atoms with Crippen LogP contribution in [0.2, 0.25) is 0 Å². The third kappa shape index (κ3) is 7.46. The van der Waals surface area contributed by atoms with E-state index in [0.29, 0.717) is 0 Å². The Morgan fingerprint density at radius 3 is 2.12 bits per heavy atom. The maximum atomic E-state index is 9.64. The summed E-state index contributed by atoms with van der Waals surface area (Å²) in [6.45, 7) is 15.4. The lowest BCUT2D eigenvalue weighted by Crippen LogP contribution is -2.27. The number of aromatic nitrogens is 2. The second-order valence-corrected chi connectivity index (χ2v) is 7.95. The third-order valence-electron chi connectivity index (χ3n) is 5.49. The standard InChI is InChI=1S/C19H23N3O.C4H8.C3H8.C2H6/c1-21-9-6-15(7-10-21)18-17-5-3-2-4-14(17)8-11-22-16(13-23)12-20-19(18)22;1-3-4-2;1-3-2;1-2/h2-5,12,23H,6-11,13H2,1H3;3-4H,1-2H3;3H2,1-2H3;1-2H3/b;4-3-;;. The van der Waals surface area contributed by atoms with Crippen molar-refractivity contribution in [1.29, 1.82) is 0 Å². The molecule has 0 spiro atoms. The van der Waals surface area contributed by atoms with Gasteiger partial charge in [-0.05, 0) is 51.3 Å². The molecule has 178 valence electrons. The van der Waals surface area contributed by atoms with Crippen LogP contribution in [0.25, 0.3) is 5.57 Å². The number of allylic oxidation sites excluding steroid dienone is 2. The van der Waals surface area contributed by atoms with E-state index >= 15 is 0 Å². The number of rotatable bonds is 1. The lowest BCUT2D eigenvalue weighted by molar-refractivity contribution is 0.270. The smallest absolute Gasteiger partial charge is 0.140 e. The molecule has 0 radical (unpaired) electrons. The largest absolute Gasteiger partial charge is 0.390 e. The Morgan fingerprint density at radius 2 is 1.56 bits per heavy atom. The minimum absolute atomic E-state index is 0.0503. The highest BCUT2D eigenvalue weighted by molar-refractivity contribution is 5.81.